The van der Waals surface area contributed by atoms with Crippen LogP contribution in [0.2, 0.25) is 0 Å². The second-order valence-electron chi connectivity index (χ2n) is 12.6. The van der Waals surface area contributed by atoms with Gasteiger partial charge in [-0.25, -0.2) is 9.97 Å². The molecule has 0 N–H and O–H groups in total. The first-order chi connectivity index (χ1) is 24.3. The van der Waals surface area contributed by atoms with Crippen LogP contribution in [0.5, 0.6) is 0 Å². The first-order valence-corrected chi connectivity index (χ1v) is 16.6. The zero-order valence-electron chi connectivity index (χ0n) is 26.5. The van der Waals surface area contributed by atoms with E-state index in [4.69, 9.17) is 14.4 Å². The van der Waals surface area contributed by atoms with E-state index in [9.17, 15) is 0 Å². The molecule has 0 saturated heterocycles. The van der Waals surface area contributed by atoms with E-state index in [0.717, 1.165) is 50.0 Å². The van der Waals surface area contributed by atoms with Gasteiger partial charge >= 0.3 is 0 Å². The summed E-state index contributed by atoms with van der Waals surface area (Å²) in [6.07, 6.45) is 1.65. The molecule has 0 aliphatic heterocycles. The Bertz CT molecular complexity index is 2830. The second kappa shape index (κ2) is 11.0. The summed E-state index contributed by atoms with van der Waals surface area (Å²) in [5.41, 5.74) is 11.0. The van der Waals surface area contributed by atoms with Gasteiger partial charge in [0.05, 0.1) is 0 Å². The van der Waals surface area contributed by atoms with Crippen LogP contribution in [0.3, 0.4) is 0 Å². The molecule has 3 nitrogen and oxygen atoms in total. The largest absolute Gasteiger partial charge is 0.452 e. The van der Waals surface area contributed by atoms with Crippen molar-refractivity contribution in [3.05, 3.63) is 170 Å². The molecule has 2 aromatic heterocycles. The fraction of sp³-hybridized carbons (Fsp3) is 0. The number of nitrogens with zero attached hydrogens (tertiary/aromatic N) is 2. The molecule has 0 amide bonds. The summed E-state index contributed by atoms with van der Waals surface area (Å²) in [6.45, 7) is 0. The Morgan fingerprint density at radius 3 is 1.55 bits per heavy atom. The van der Waals surface area contributed by atoms with Crippen molar-refractivity contribution in [2.75, 3.05) is 0 Å². The Balaban J connectivity index is 1.06. The van der Waals surface area contributed by atoms with Crippen LogP contribution in [0.25, 0.3) is 99.0 Å². The maximum Gasteiger partial charge on any atom is 0.180 e. The van der Waals surface area contributed by atoms with Gasteiger partial charge in [-0.15, -0.1) is 0 Å². The lowest BCUT2D eigenvalue weighted by molar-refractivity contribution is 0.667. The van der Waals surface area contributed by atoms with Gasteiger partial charge in [0.2, 0.25) is 0 Å². The van der Waals surface area contributed by atoms with E-state index in [1.807, 2.05) is 12.1 Å². The monoisotopic (exact) mass is 624 g/mol. The lowest BCUT2D eigenvalue weighted by Gasteiger charge is -2.12. The molecule has 8 aromatic carbocycles. The van der Waals surface area contributed by atoms with Gasteiger partial charge in [-0.3, -0.25) is 0 Å². The molecule has 49 heavy (non-hydrogen) atoms. The Hall–Kier alpha value is -6.58. The highest BCUT2D eigenvalue weighted by Crippen LogP contribution is 2.39. The molecule has 0 aliphatic rings. The molecule has 0 saturated carbocycles. The lowest BCUT2D eigenvalue weighted by atomic mass is 9.91. The Morgan fingerprint density at radius 1 is 0.327 bits per heavy atom. The van der Waals surface area contributed by atoms with Gasteiger partial charge in [0.15, 0.2) is 5.58 Å². The highest BCUT2D eigenvalue weighted by atomic mass is 16.3. The van der Waals surface area contributed by atoms with Crippen molar-refractivity contribution < 1.29 is 4.42 Å². The fourth-order valence-corrected chi connectivity index (χ4v) is 7.38. The van der Waals surface area contributed by atoms with E-state index in [1.54, 1.807) is 6.33 Å². The molecular formula is C46H28N2O. The van der Waals surface area contributed by atoms with E-state index >= 15 is 0 Å². The summed E-state index contributed by atoms with van der Waals surface area (Å²) in [6, 6.07) is 58.3. The molecule has 0 spiro atoms. The van der Waals surface area contributed by atoms with E-state index < -0.39 is 0 Å². The maximum absolute atomic E-state index is 6.47. The van der Waals surface area contributed by atoms with Gasteiger partial charge in [-0.2, -0.15) is 0 Å². The maximum atomic E-state index is 6.47. The van der Waals surface area contributed by atoms with Crippen LogP contribution >= 0.6 is 0 Å². The lowest BCUT2D eigenvalue weighted by Crippen LogP contribution is -1.88. The van der Waals surface area contributed by atoms with Gasteiger partial charge in [-0.05, 0) is 90.0 Å². The number of furan rings is 1. The molecule has 0 atom stereocenters. The molecular weight excluding hydrogens is 597 g/mol. The van der Waals surface area contributed by atoms with E-state index in [1.165, 1.54) is 43.4 Å². The molecule has 0 aliphatic carbocycles. The predicted molar refractivity (Wildman–Crippen MR) is 204 cm³/mol. The molecule has 2 heterocycles. The van der Waals surface area contributed by atoms with Crippen LogP contribution in [-0.4, -0.2) is 9.97 Å². The van der Waals surface area contributed by atoms with Crippen LogP contribution in [0.15, 0.2) is 175 Å². The minimum atomic E-state index is 0.696. The van der Waals surface area contributed by atoms with Crippen molar-refractivity contribution >= 4 is 54.4 Å². The van der Waals surface area contributed by atoms with Crippen LogP contribution < -0.4 is 0 Å². The average molecular weight is 625 g/mol. The molecule has 10 aromatic rings. The minimum Gasteiger partial charge on any atom is -0.452 e. The van der Waals surface area contributed by atoms with Crippen molar-refractivity contribution in [1.82, 2.24) is 9.97 Å². The van der Waals surface area contributed by atoms with Crippen molar-refractivity contribution in [2.24, 2.45) is 0 Å². The summed E-state index contributed by atoms with van der Waals surface area (Å²) in [7, 11) is 0. The van der Waals surface area contributed by atoms with Gasteiger partial charge < -0.3 is 4.42 Å². The van der Waals surface area contributed by atoms with Crippen LogP contribution in [-0.2, 0) is 0 Å². The van der Waals surface area contributed by atoms with Crippen LogP contribution in [0, 0.1) is 0 Å². The minimum absolute atomic E-state index is 0.696. The summed E-state index contributed by atoms with van der Waals surface area (Å²) in [5.74, 6) is 0. The number of hydrogen-bond acceptors (Lipinski definition) is 3. The van der Waals surface area contributed by atoms with E-state index in [0.29, 0.717) is 5.58 Å². The molecule has 0 unspecified atom stereocenters. The third-order valence-electron chi connectivity index (χ3n) is 9.79. The van der Waals surface area contributed by atoms with Crippen molar-refractivity contribution in [2.45, 2.75) is 0 Å². The van der Waals surface area contributed by atoms with Crippen molar-refractivity contribution in [1.29, 1.82) is 0 Å². The topological polar surface area (TPSA) is 38.9 Å². The third kappa shape index (κ3) is 4.51. The van der Waals surface area contributed by atoms with Crippen LogP contribution in [0.4, 0.5) is 0 Å². The smallest absolute Gasteiger partial charge is 0.180 e. The number of hydrogen-bond donors (Lipinski definition) is 0. The predicted octanol–water partition coefficient (Wildman–Crippen LogP) is 12.5. The van der Waals surface area contributed by atoms with Gasteiger partial charge in [0.25, 0.3) is 0 Å². The molecule has 228 valence electrons. The van der Waals surface area contributed by atoms with Crippen molar-refractivity contribution in [3.63, 3.8) is 0 Å². The first-order valence-electron chi connectivity index (χ1n) is 16.6. The third-order valence-corrected chi connectivity index (χ3v) is 9.79. The summed E-state index contributed by atoms with van der Waals surface area (Å²) >= 11 is 0. The Kier molecular flexibility index (Phi) is 6.18. The summed E-state index contributed by atoms with van der Waals surface area (Å²) in [4.78, 5) is 9.45. The number of fused-ring (bicyclic) bond motifs is 9. The second-order valence-corrected chi connectivity index (χ2v) is 12.6. The number of aromatic nitrogens is 2. The fourth-order valence-electron chi connectivity index (χ4n) is 7.38. The normalized spacial score (nSPS) is 11.7. The number of rotatable bonds is 4. The van der Waals surface area contributed by atoms with Crippen LogP contribution in [0.1, 0.15) is 0 Å². The molecule has 0 radical (unpaired) electrons. The van der Waals surface area contributed by atoms with Gasteiger partial charge in [0.1, 0.15) is 23.1 Å². The summed E-state index contributed by atoms with van der Waals surface area (Å²) < 4.78 is 6.47. The standard InChI is InChI=1S/C46H28N2O/c1-2-9-29(10-3-1)30-17-19-31(20-18-30)33-22-24-43-42(27-33)45-46(49-43)44(47-28-48-45)35-12-8-11-32(25-35)34-21-23-40-38-15-5-4-13-36(38)37-14-6-7-16-39(37)41(40)26-34/h1-28H. The SMILES string of the molecule is c1ccc(-c2ccc(-c3ccc4oc5c(-c6cccc(-c7ccc8c9ccccc9c9ccccc9c8c7)c6)ncnc5c4c3)cc2)cc1. The highest BCUT2D eigenvalue weighted by molar-refractivity contribution is 6.25. The van der Waals surface area contributed by atoms with Gasteiger partial charge in [0, 0.05) is 10.9 Å². The molecule has 0 bridgehead atoms. The van der Waals surface area contributed by atoms with Gasteiger partial charge in [-0.1, -0.05) is 140 Å². The van der Waals surface area contributed by atoms with E-state index in [-0.39, 0.29) is 0 Å². The Morgan fingerprint density at radius 2 is 0.816 bits per heavy atom. The zero-order chi connectivity index (χ0) is 32.3. The molecule has 0 fully saturated rings. The highest BCUT2D eigenvalue weighted by Gasteiger charge is 2.17. The quantitative estimate of drug-likeness (QED) is 0.183. The Labute approximate surface area is 282 Å². The number of benzene rings is 8. The van der Waals surface area contributed by atoms with E-state index in [2.05, 4.69) is 152 Å². The molecule has 3 heteroatoms. The first kappa shape index (κ1) is 27.5. The van der Waals surface area contributed by atoms with Crippen molar-refractivity contribution in [3.8, 4) is 44.6 Å². The summed E-state index contributed by atoms with van der Waals surface area (Å²) in [5, 5.41) is 8.60. The average Bonchev–Trinajstić information content (AvgIpc) is 3.56. The molecule has 10 rings (SSSR count). The zero-order valence-corrected chi connectivity index (χ0v) is 26.5.